The lowest BCUT2D eigenvalue weighted by molar-refractivity contribution is -0.0759. The van der Waals surface area contributed by atoms with E-state index in [2.05, 4.69) is 5.16 Å². The Hall–Kier alpha value is -1.79. The van der Waals surface area contributed by atoms with Gasteiger partial charge in [-0.2, -0.15) is 0 Å². The summed E-state index contributed by atoms with van der Waals surface area (Å²) in [5, 5.41) is 5.16. The van der Waals surface area contributed by atoms with Crippen LogP contribution in [0.5, 0.6) is 0 Å². The summed E-state index contributed by atoms with van der Waals surface area (Å²) in [6, 6.07) is 7.49. The van der Waals surface area contributed by atoms with Crippen molar-refractivity contribution in [3.8, 4) is 0 Å². The lowest BCUT2D eigenvalue weighted by Gasteiger charge is -2.15. The predicted molar refractivity (Wildman–Crippen MR) is 81.1 cm³/mol. The summed E-state index contributed by atoms with van der Waals surface area (Å²) in [6.07, 6.45) is 0. The Bertz CT molecular complexity index is 620. The van der Waals surface area contributed by atoms with Crippen LogP contribution in [0.25, 0.3) is 0 Å². The normalized spacial score (nSPS) is 10.7. The third kappa shape index (κ3) is 3.46. The summed E-state index contributed by atoms with van der Waals surface area (Å²) in [7, 11) is 3.07. The fraction of sp³-hybridized carbons (Fsp3) is 0.333. The Morgan fingerprint density at radius 2 is 2.10 bits per heavy atom. The third-order valence-corrected chi connectivity index (χ3v) is 4.33. The minimum absolute atomic E-state index is 0.167. The van der Waals surface area contributed by atoms with Gasteiger partial charge in [-0.1, -0.05) is 17.3 Å². The molecule has 0 aliphatic heterocycles. The first kappa shape index (κ1) is 15.6. The maximum absolute atomic E-state index is 12.2. The number of aryl methyl sites for hydroxylation is 2. The van der Waals surface area contributed by atoms with Crippen LogP contribution in [0.15, 0.2) is 33.7 Å². The van der Waals surface area contributed by atoms with E-state index in [1.807, 2.05) is 32.0 Å². The minimum atomic E-state index is -0.167. The second-order valence-electron chi connectivity index (χ2n) is 4.57. The number of rotatable bonds is 5. The van der Waals surface area contributed by atoms with Gasteiger partial charge in [0.15, 0.2) is 0 Å². The summed E-state index contributed by atoms with van der Waals surface area (Å²) in [5.74, 6) is 1.36. The highest BCUT2D eigenvalue weighted by Crippen LogP contribution is 2.29. The average molecular weight is 306 g/mol. The standard InChI is InChI=1S/C15H18N2O3S/c1-10-13(11(2)20-16-10)9-21-14-8-6-5-7-12(14)15(18)17(3)19-4/h5-8H,9H2,1-4H3. The van der Waals surface area contributed by atoms with Crippen molar-refractivity contribution in [1.29, 1.82) is 0 Å². The molecule has 0 N–H and O–H groups in total. The van der Waals surface area contributed by atoms with E-state index >= 15 is 0 Å². The molecule has 5 nitrogen and oxygen atoms in total. The van der Waals surface area contributed by atoms with Crippen LogP contribution >= 0.6 is 11.8 Å². The fourth-order valence-electron chi connectivity index (χ4n) is 1.88. The van der Waals surface area contributed by atoms with Crippen molar-refractivity contribution in [1.82, 2.24) is 10.2 Å². The highest BCUT2D eigenvalue weighted by molar-refractivity contribution is 7.98. The Balaban J connectivity index is 2.19. The van der Waals surface area contributed by atoms with Crippen LogP contribution in [-0.2, 0) is 10.6 Å². The smallest absolute Gasteiger partial charge is 0.278 e. The number of carbonyl (C=O) groups excluding carboxylic acids is 1. The van der Waals surface area contributed by atoms with Crippen LogP contribution in [0, 0.1) is 13.8 Å². The van der Waals surface area contributed by atoms with E-state index in [0.717, 1.165) is 21.9 Å². The highest BCUT2D eigenvalue weighted by Gasteiger charge is 2.17. The van der Waals surface area contributed by atoms with Crippen molar-refractivity contribution in [3.05, 3.63) is 46.8 Å². The summed E-state index contributed by atoms with van der Waals surface area (Å²) >= 11 is 1.59. The largest absolute Gasteiger partial charge is 0.361 e. The van der Waals surface area contributed by atoms with E-state index in [4.69, 9.17) is 9.36 Å². The molecule has 6 heteroatoms. The molecule has 0 spiro atoms. The first-order chi connectivity index (χ1) is 10.0. The molecule has 0 bridgehead atoms. The third-order valence-electron chi connectivity index (χ3n) is 3.23. The Morgan fingerprint density at radius 1 is 1.38 bits per heavy atom. The second-order valence-corrected chi connectivity index (χ2v) is 5.59. The van der Waals surface area contributed by atoms with Crippen molar-refractivity contribution in [3.63, 3.8) is 0 Å². The monoisotopic (exact) mass is 306 g/mol. The zero-order valence-corrected chi connectivity index (χ0v) is 13.4. The number of aromatic nitrogens is 1. The number of amides is 1. The van der Waals surface area contributed by atoms with Gasteiger partial charge in [-0.3, -0.25) is 9.63 Å². The zero-order chi connectivity index (χ0) is 15.4. The number of benzene rings is 1. The van der Waals surface area contributed by atoms with E-state index in [1.165, 1.54) is 12.2 Å². The lowest BCUT2D eigenvalue weighted by atomic mass is 10.2. The SMILES string of the molecule is CON(C)C(=O)c1ccccc1SCc1c(C)noc1C. The van der Waals surface area contributed by atoms with E-state index < -0.39 is 0 Å². The molecule has 2 aromatic rings. The van der Waals surface area contributed by atoms with Crippen LogP contribution < -0.4 is 0 Å². The Kier molecular flexibility index (Phi) is 5.03. The molecule has 0 saturated heterocycles. The maximum atomic E-state index is 12.2. The van der Waals surface area contributed by atoms with Gasteiger partial charge >= 0.3 is 0 Å². The molecule has 0 fully saturated rings. The first-order valence-electron chi connectivity index (χ1n) is 6.50. The lowest BCUT2D eigenvalue weighted by Crippen LogP contribution is -2.25. The molecular formula is C15H18N2O3S. The van der Waals surface area contributed by atoms with E-state index in [0.29, 0.717) is 11.3 Å². The summed E-state index contributed by atoms with van der Waals surface area (Å²) in [6.45, 7) is 3.81. The van der Waals surface area contributed by atoms with Gasteiger partial charge in [-0.25, -0.2) is 5.06 Å². The van der Waals surface area contributed by atoms with Gasteiger partial charge in [0, 0.05) is 23.3 Å². The Morgan fingerprint density at radius 3 is 2.71 bits per heavy atom. The number of nitrogens with zero attached hydrogens (tertiary/aromatic N) is 2. The van der Waals surface area contributed by atoms with Gasteiger partial charge in [0.25, 0.3) is 5.91 Å². The summed E-state index contributed by atoms with van der Waals surface area (Å²) in [5.41, 5.74) is 2.58. The van der Waals surface area contributed by atoms with E-state index in [-0.39, 0.29) is 5.91 Å². The van der Waals surface area contributed by atoms with Crippen molar-refractivity contribution in [2.75, 3.05) is 14.2 Å². The number of carbonyl (C=O) groups is 1. The molecule has 0 aliphatic rings. The summed E-state index contributed by atoms with van der Waals surface area (Å²) in [4.78, 5) is 18.1. The molecule has 0 saturated carbocycles. The number of hydrogen-bond acceptors (Lipinski definition) is 5. The molecule has 21 heavy (non-hydrogen) atoms. The van der Waals surface area contributed by atoms with Crippen LogP contribution in [0.4, 0.5) is 0 Å². The second kappa shape index (κ2) is 6.78. The molecule has 112 valence electrons. The van der Waals surface area contributed by atoms with Crippen LogP contribution in [0.3, 0.4) is 0 Å². The zero-order valence-electron chi connectivity index (χ0n) is 12.5. The van der Waals surface area contributed by atoms with Crippen molar-refractivity contribution >= 4 is 17.7 Å². The number of hydrogen-bond donors (Lipinski definition) is 0. The number of hydroxylamine groups is 2. The van der Waals surface area contributed by atoms with Gasteiger partial charge in [0.05, 0.1) is 18.4 Å². The van der Waals surface area contributed by atoms with Gasteiger partial charge < -0.3 is 4.52 Å². The van der Waals surface area contributed by atoms with Gasteiger partial charge in [0.1, 0.15) is 5.76 Å². The quantitative estimate of drug-likeness (QED) is 0.627. The number of thioether (sulfide) groups is 1. The van der Waals surface area contributed by atoms with E-state index in [1.54, 1.807) is 24.9 Å². The van der Waals surface area contributed by atoms with Crippen LogP contribution in [-0.4, -0.2) is 30.3 Å². The van der Waals surface area contributed by atoms with Crippen molar-refractivity contribution < 1.29 is 14.2 Å². The molecule has 1 aromatic carbocycles. The molecule has 1 amide bonds. The molecule has 0 atom stereocenters. The molecule has 0 radical (unpaired) electrons. The van der Waals surface area contributed by atoms with Crippen LogP contribution in [0.2, 0.25) is 0 Å². The first-order valence-corrected chi connectivity index (χ1v) is 7.49. The van der Waals surface area contributed by atoms with Crippen LogP contribution in [0.1, 0.15) is 27.4 Å². The maximum Gasteiger partial charge on any atom is 0.278 e. The molecular weight excluding hydrogens is 288 g/mol. The molecule has 0 unspecified atom stereocenters. The van der Waals surface area contributed by atoms with Gasteiger partial charge in [-0.15, -0.1) is 11.8 Å². The predicted octanol–water partition coefficient (Wildman–Crippen LogP) is 3.22. The van der Waals surface area contributed by atoms with Gasteiger partial charge in [0.2, 0.25) is 0 Å². The molecule has 1 aromatic heterocycles. The summed E-state index contributed by atoms with van der Waals surface area (Å²) < 4.78 is 5.16. The van der Waals surface area contributed by atoms with Crippen molar-refractivity contribution in [2.24, 2.45) is 0 Å². The molecule has 1 heterocycles. The highest BCUT2D eigenvalue weighted by atomic mass is 32.2. The van der Waals surface area contributed by atoms with E-state index in [9.17, 15) is 4.79 Å². The van der Waals surface area contributed by atoms with Crippen molar-refractivity contribution in [2.45, 2.75) is 24.5 Å². The molecule has 2 rings (SSSR count). The topological polar surface area (TPSA) is 55.6 Å². The fourth-order valence-corrected chi connectivity index (χ4v) is 3.08. The van der Waals surface area contributed by atoms with Gasteiger partial charge in [-0.05, 0) is 26.0 Å². The Labute approximate surface area is 128 Å². The molecule has 0 aliphatic carbocycles. The average Bonchev–Trinajstić information content (AvgIpc) is 2.82. The minimum Gasteiger partial charge on any atom is -0.361 e.